The molecule has 1 aromatic carbocycles. The van der Waals surface area contributed by atoms with Crippen molar-refractivity contribution in [2.45, 2.75) is 0 Å². The van der Waals surface area contributed by atoms with Gasteiger partial charge in [0.1, 0.15) is 4.99 Å². The zero-order chi connectivity index (χ0) is 13.8. The summed E-state index contributed by atoms with van der Waals surface area (Å²) < 4.78 is 30.8. The first-order valence-electron chi connectivity index (χ1n) is 4.62. The van der Waals surface area contributed by atoms with E-state index in [1.807, 2.05) is 0 Å². The second kappa shape index (κ2) is 5.65. The van der Waals surface area contributed by atoms with Gasteiger partial charge in [-0.3, -0.25) is 4.72 Å². The van der Waals surface area contributed by atoms with Crippen LogP contribution in [0.5, 0.6) is 0 Å². The number of anilines is 1. The zero-order valence-corrected chi connectivity index (χ0v) is 11.0. The van der Waals surface area contributed by atoms with Gasteiger partial charge in [-0.1, -0.05) is 12.2 Å². The Bertz CT molecular complexity index is 554. The molecular formula is C9H11N3O4S2. The van der Waals surface area contributed by atoms with Crippen molar-refractivity contribution < 1.29 is 17.9 Å². The second-order valence-corrected chi connectivity index (χ2v) is 5.00. The molecule has 0 aromatic heterocycles. The molecule has 0 bridgehead atoms. The minimum atomic E-state index is -4.02. The largest absolute Gasteiger partial charge is 0.452 e. The number of hydrogen-bond donors (Lipinski definition) is 3. The van der Waals surface area contributed by atoms with E-state index in [9.17, 15) is 13.2 Å². The molecule has 98 valence electrons. The monoisotopic (exact) mass is 289 g/mol. The highest BCUT2D eigenvalue weighted by Gasteiger charge is 2.14. The molecule has 0 aliphatic heterocycles. The Hall–Kier alpha value is -1.87. The number of ether oxygens (including phenoxy) is 1. The average molecular weight is 289 g/mol. The molecular weight excluding hydrogens is 278 g/mol. The highest BCUT2D eigenvalue weighted by Crippen LogP contribution is 2.10. The molecule has 1 aromatic rings. The van der Waals surface area contributed by atoms with E-state index in [-0.39, 0.29) is 10.7 Å². The van der Waals surface area contributed by atoms with Gasteiger partial charge in [0, 0.05) is 5.56 Å². The van der Waals surface area contributed by atoms with E-state index in [1.54, 1.807) is 16.9 Å². The summed E-state index contributed by atoms with van der Waals surface area (Å²) in [7, 11) is -2.96. The number of methoxy groups -OCH3 is 1. The van der Waals surface area contributed by atoms with E-state index in [0.29, 0.717) is 5.56 Å². The molecule has 0 saturated heterocycles. The predicted molar refractivity (Wildman–Crippen MR) is 70.4 cm³/mol. The molecule has 0 spiro atoms. The molecule has 0 unspecified atom stereocenters. The number of hydrogen-bond acceptors (Lipinski definition) is 5. The number of carbonyl (C=O) groups excluding carboxylic acids is 1. The number of carbonyl (C=O) groups is 1. The van der Waals surface area contributed by atoms with E-state index in [0.717, 1.165) is 7.11 Å². The van der Waals surface area contributed by atoms with E-state index in [4.69, 9.17) is 18.0 Å². The first-order chi connectivity index (χ1) is 8.34. The Morgan fingerprint density at radius 1 is 1.33 bits per heavy atom. The van der Waals surface area contributed by atoms with Gasteiger partial charge in [-0.25, -0.2) is 9.52 Å². The van der Waals surface area contributed by atoms with Crippen LogP contribution in [0.1, 0.15) is 5.56 Å². The summed E-state index contributed by atoms with van der Waals surface area (Å²) in [5.74, 6) is 0. The average Bonchev–Trinajstić information content (AvgIpc) is 2.28. The maximum Gasteiger partial charge on any atom is 0.422 e. The van der Waals surface area contributed by atoms with Crippen LogP contribution in [-0.2, 0) is 14.9 Å². The van der Waals surface area contributed by atoms with E-state index in [1.165, 1.54) is 12.1 Å². The third kappa shape index (κ3) is 4.18. The molecule has 7 nitrogen and oxygen atoms in total. The summed E-state index contributed by atoms with van der Waals surface area (Å²) in [6.07, 6.45) is -1.08. The van der Waals surface area contributed by atoms with Crippen LogP contribution in [0.4, 0.5) is 10.5 Å². The molecule has 0 aliphatic carbocycles. The third-order valence-corrected chi connectivity index (χ3v) is 3.00. The fraction of sp³-hybridized carbons (Fsp3) is 0.111. The minimum Gasteiger partial charge on any atom is -0.452 e. The van der Waals surface area contributed by atoms with Crippen molar-refractivity contribution >= 4 is 39.2 Å². The Kier molecular flexibility index (Phi) is 4.45. The van der Waals surface area contributed by atoms with Crippen LogP contribution in [-0.4, -0.2) is 26.6 Å². The van der Waals surface area contributed by atoms with Gasteiger partial charge >= 0.3 is 16.3 Å². The van der Waals surface area contributed by atoms with Crippen LogP contribution in [0, 0.1) is 0 Å². The van der Waals surface area contributed by atoms with Crippen LogP contribution in [0.15, 0.2) is 24.3 Å². The maximum atomic E-state index is 11.4. The maximum absolute atomic E-state index is 11.4. The summed E-state index contributed by atoms with van der Waals surface area (Å²) >= 11 is 4.75. The van der Waals surface area contributed by atoms with Crippen LogP contribution in [0.2, 0.25) is 0 Å². The standard InChI is InChI=1S/C9H11N3O4S2/c1-16-9(13)12-18(14,15)11-7-4-2-6(3-5-7)8(10)17/h2-5,11H,1H3,(H2,10,17)(H,12,13). The summed E-state index contributed by atoms with van der Waals surface area (Å²) in [5.41, 5.74) is 6.26. The van der Waals surface area contributed by atoms with Crippen LogP contribution in [0.25, 0.3) is 0 Å². The third-order valence-electron chi connectivity index (χ3n) is 1.82. The van der Waals surface area contributed by atoms with Crippen molar-refractivity contribution in [2.75, 3.05) is 11.8 Å². The van der Waals surface area contributed by atoms with E-state index in [2.05, 4.69) is 9.46 Å². The van der Waals surface area contributed by atoms with Gasteiger partial charge < -0.3 is 10.5 Å². The lowest BCUT2D eigenvalue weighted by molar-refractivity contribution is 0.177. The fourth-order valence-corrected chi connectivity index (χ4v) is 1.97. The van der Waals surface area contributed by atoms with Gasteiger partial charge in [-0.15, -0.1) is 0 Å². The number of thiocarbonyl (C=S) groups is 1. The molecule has 1 rings (SSSR count). The lowest BCUT2D eigenvalue weighted by Gasteiger charge is -2.08. The summed E-state index contributed by atoms with van der Waals surface area (Å²) in [5, 5.41) is 0. The van der Waals surface area contributed by atoms with Gasteiger partial charge in [-0.2, -0.15) is 8.42 Å². The Morgan fingerprint density at radius 2 is 1.89 bits per heavy atom. The molecule has 0 heterocycles. The van der Waals surface area contributed by atoms with Crippen molar-refractivity contribution in [3.63, 3.8) is 0 Å². The van der Waals surface area contributed by atoms with Gasteiger partial charge in [0.25, 0.3) is 0 Å². The summed E-state index contributed by atoms with van der Waals surface area (Å²) in [6, 6.07) is 6.03. The first kappa shape index (κ1) is 14.2. The first-order valence-corrected chi connectivity index (χ1v) is 6.51. The van der Waals surface area contributed by atoms with Crippen molar-refractivity contribution in [3.8, 4) is 0 Å². The van der Waals surface area contributed by atoms with Crippen molar-refractivity contribution in [1.29, 1.82) is 0 Å². The Morgan fingerprint density at radius 3 is 2.33 bits per heavy atom. The number of rotatable bonds is 4. The smallest absolute Gasteiger partial charge is 0.422 e. The van der Waals surface area contributed by atoms with Crippen molar-refractivity contribution in [2.24, 2.45) is 5.73 Å². The SMILES string of the molecule is COC(=O)NS(=O)(=O)Nc1ccc(C(N)=S)cc1. The van der Waals surface area contributed by atoms with Crippen LogP contribution >= 0.6 is 12.2 Å². The van der Waals surface area contributed by atoms with E-state index >= 15 is 0 Å². The van der Waals surface area contributed by atoms with Crippen LogP contribution in [0.3, 0.4) is 0 Å². The van der Waals surface area contributed by atoms with Gasteiger partial charge in [0.05, 0.1) is 12.8 Å². The second-order valence-electron chi connectivity index (χ2n) is 3.14. The molecule has 0 radical (unpaired) electrons. The van der Waals surface area contributed by atoms with Gasteiger partial charge in [0.2, 0.25) is 0 Å². The van der Waals surface area contributed by atoms with Crippen molar-refractivity contribution in [3.05, 3.63) is 29.8 Å². The molecule has 0 aliphatic rings. The molecule has 18 heavy (non-hydrogen) atoms. The summed E-state index contributed by atoms with van der Waals surface area (Å²) in [6.45, 7) is 0. The van der Waals surface area contributed by atoms with Crippen LogP contribution < -0.4 is 15.2 Å². The lowest BCUT2D eigenvalue weighted by Crippen LogP contribution is -2.35. The lowest BCUT2D eigenvalue weighted by atomic mass is 10.2. The molecule has 4 N–H and O–H groups in total. The number of benzene rings is 1. The Balaban J connectivity index is 2.78. The topological polar surface area (TPSA) is 111 Å². The number of nitrogens with one attached hydrogen (secondary N) is 2. The molecule has 0 fully saturated rings. The quantitative estimate of drug-likeness (QED) is 0.689. The van der Waals surface area contributed by atoms with E-state index < -0.39 is 16.3 Å². The highest BCUT2D eigenvalue weighted by molar-refractivity contribution is 7.91. The molecule has 0 saturated carbocycles. The molecule has 9 heteroatoms. The Labute approximate surface area is 109 Å². The zero-order valence-electron chi connectivity index (χ0n) is 9.34. The molecule has 1 amide bonds. The van der Waals surface area contributed by atoms with Crippen molar-refractivity contribution in [1.82, 2.24) is 4.72 Å². The highest BCUT2D eigenvalue weighted by atomic mass is 32.2. The number of nitrogens with two attached hydrogens (primary N) is 1. The predicted octanol–water partition coefficient (Wildman–Crippen LogP) is 0.333. The summed E-state index contributed by atoms with van der Waals surface area (Å²) in [4.78, 5) is 11.0. The molecule has 0 atom stereocenters. The number of amides is 1. The minimum absolute atomic E-state index is 0.206. The normalized spacial score (nSPS) is 10.5. The van der Waals surface area contributed by atoms with Gasteiger partial charge in [0.15, 0.2) is 0 Å². The fourth-order valence-electron chi connectivity index (χ4n) is 1.03. The van der Waals surface area contributed by atoms with Gasteiger partial charge in [-0.05, 0) is 24.3 Å².